The summed E-state index contributed by atoms with van der Waals surface area (Å²) in [5.41, 5.74) is 0. The molecule has 6 nitrogen and oxygen atoms in total. The molecule has 1 aliphatic rings. The Labute approximate surface area is 124 Å². The minimum atomic E-state index is 0.348. The minimum absolute atomic E-state index is 0.348. The van der Waals surface area contributed by atoms with Gasteiger partial charge in [-0.1, -0.05) is 6.92 Å². The second-order valence-electron chi connectivity index (χ2n) is 4.91. The van der Waals surface area contributed by atoms with Crippen LogP contribution in [0.15, 0.2) is 0 Å². The van der Waals surface area contributed by atoms with E-state index >= 15 is 0 Å². The van der Waals surface area contributed by atoms with Gasteiger partial charge in [-0.25, -0.2) is 0 Å². The molecule has 2 atom stereocenters. The Kier molecular flexibility index (Phi) is 5.70. The van der Waals surface area contributed by atoms with Gasteiger partial charge in [0.2, 0.25) is 11.9 Å². The van der Waals surface area contributed by atoms with Crippen LogP contribution in [0.5, 0.6) is 6.01 Å². The van der Waals surface area contributed by atoms with Crippen molar-refractivity contribution in [2.24, 2.45) is 0 Å². The zero-order valence-corrected chi connectivity index (χ0v) is 13.2. The van der Waals surface area contributed by atoms with Gasteiger partial charge in [0.05, 0.1) is 7.11 Å². The van der Waals surface area contributed by atoms with E-state index in [2.05, 4.69) is 38.8 Å². The molecule has 1 aliphatic carbocycles. The largest absolute Gasteiger partial charge is 0.467 e. The van der Waals surface area contributed by atoms with Crippen molar-refractivity contribution in [2.75, 3.05) is 30.5 Å². The first-order valence-electron chi connectivity index (χ1n) is 7.08. The van der Waals surface area contributed by atoms with Crippen LogP contribution in [-0.2, 0) is 0 Å². The van der Waals surface area contributed by atoms with Crippen molar-refractivity contribution in [2.45, 2.75) is 43.9 Å². The van der Waals surface area contributed by atoms with E-state index in [1.807, 2.05) is 11.8 Å². The van der Waals surface area contributed by atoms with Gasteiger partial charge in [0.1, 0.15) is 0 Å². The number of nitrogens with one attached hydrogen (secondary N) is 2. The first-order valence-corrected chi connectivity index (χ1v) is 8.37. The van der Waals surface area contributed by atoms with Gasteiger partial charge in [-0.05, 0) is 31.9 Å². The minimum Gasteiger partial charge on any atom is -0.467 e. The zero-order chi connectivity index (χ0) is 14.4. The summed E-state index contributed by atoms with van der Waals surface area (Å²) in [6.45, 7) is 2.94. The van der Waals surface area contributed by atoms with Crippen LogP contribution in [0.1, 0.15) is 32.6 Å². The third kappa shape index (κ3) is 4.13. The summed E-state index contributed by atoms with van der Waals surface area (Å²) in [5.74, 6) is 1.17. The van der Waals surface area contributed by atoms with Gasteiger partial charge in [0.25, 0.3) is 0 Å². The van der Waals surface area contributed by atoms with Gasteiger partial charge in [-0.3, -0.25) is 0 Å². The molecule has 2 N–H and O–H groups in total. The SMILES string of the molecule is CCCNc1nc(NC2CCC(SC)C2)nc(OC)n1. The fourth-order valence-corrected chi connectivity index (χ4v) is 3.09. The summed E-state index contributed by atoms with van der Waals surface area (Å²) >= 11 is 1.94. The highest BCUT2D eigenvalue weighted by atomic mass is 32.2. The molecular formula is C13H23N5OS. The van der Waals surface area contributed by atoms with Crippen LogP contribution >= 0.6 is 11.8 Å². The molecule has 7 heteroatoms. The number of methoxy groups -OCH3 is 1. The Hall–Kier alpha value is -1.24. The number of rotatable bonds is 7. The Bertz CT molecular complexity index is 431. The van der Waals surface area contributed by atoms with Gasteiger partial charge in [-0.15, -0.1) is 0 Å². The molecule has 1 aromatic rings. The summed E-state index contributed by atoms with van der Waals surface area (Å²) in [4.78, 5) is 12.9. The fourth-order valence-electron chi connectivity index (χ4n) is 2.30. The van der Waals surface area contributed by atoms with Crippen molar-refractivity contribution in [3.05, 3.63) is 0 Å². The maximum absolute atomic E-state index is 5.14. The second-order valence-corrected chi connectivity index (χ2v) is 6.05. The average molecular weight is 297 g/mol. The normalized spacial score (nSPS) is 21.8. The third-order valence-corrected chi connectivity index (χ3v) is 4.48. The number of aromatic nitrogens is 3. The van der Waals surface area contributed by atoms with Crippen molar-refractivity contribution >= 4 is 23.7 Å². The summed E-state index contributed by atoms with van der Waals surface area (Å²) in [5, 5.41) is 7.31. The Morgan fingerprint density at radius 1 is 1.25 bits per heavy atom. The van der Waals surface area contributed by atoms with E-state index < -0.39 is 0 Å². The molecule has 2 unspecified atom stereocenters. The highest BCUT2D eigenvalue weighted by Gasteiger charge is 2.24. The maximum atomic E-state index is 5.14. The fraction of sp³-hybridized carbons (Fsp3) is 0.769. The smallest absolute Gasteiger partial charge is 0.322 e. The van der Waals surface area contributed by atoms with Gasteiger partial charge in [0, 0.05) is 17.8 Å². The molecule has 0 aromatic carbocycles. The third-order valence-electron chi connectivity index (χ3n) is 3.38. The van der Waals surface area contributed by atoms with Gasteiger partial charge in [0.15, 0.2) is 0 Å². The van der Waals surface area contributed by atoms with Gasteiger partial charge in [-0.2, -0.15) is 26.7 Å². The maximum Gasteiger partial charge on any atom is 0.322 e. The molecule has 0 spiro atoms. The molecule has 0 aliphatic heterocycles. The lowest BCUT2D eigenvalue weighted by molar-refractivity contribution is 0.379. The summed E-state index contributed by atoms with van der Waals surface area (Å²) in [6, 6.07) is 0.791. The number of ether oxygens (including phenoxy) is 1. The number of hydrogen-bond acceptors (Lipinski definition) is 7. The number of thioether (sulfide) groups is 1. The van der Waals surface area contributed by atoms with Crippen molar-refractivity contribution in [3.8, 4) is 6.01 Å². The van der Waals surface area contributed by atoms with E-state index in [-0.39, 0.29) is 0 Å². The summed E-state index contributed by atoms with van der Waals surface area (Å²) < 4.78 is 5.14. The topological polar surface area (TPSA) is 72.0 Å². The molecule has 0 radical (unpaired) electrons. The molecule has 0 amide bonds. The first kappa shape index (κ1) is 15.2. The van der Waals surface area contributed by atoms with Crippen molar-refractivity contribution in [1.82, 2.24) is 15.0 Å². The van der Waals surface area contributed by atoms with Gasteiger partial charge >= 0.3 is 6.01 Å². The van der Waals surface area contributed by atoms with E-state index in [1.165, 1.54) is 6.42 Å². The second kappa shape index (κ2) is 7.52. The number of nitrogens with zero attached hydrogens (tertiary/aromatic N) is 3. The predicted octanol–water partition coefficient (Wildman–Crippen LogP) is 2.40. The number of hydrogen-bond donors (Lipinski definition) is 2. The standard InChI is InChI=1S/C13H23N5OS/c1-4-7-14-11-16-12(18-13(17-11)19-2)15-9-5-6-10(8-9)20-3/h9-10H,4-8H2,1-3H3,(H2,14,15,16,17,18). The highest BCUT2D eigenvalue weighted by Crippen LogP contribution is 2.29. The number of anilines is 2. The molecule has 1 aromatic heterocycles. The molecular weight excluding hydrogens is 274 g/mol. The van der Waals surface area contributed by atoms with Crippen LogP contribution in [0.25, 0.3) is 0 Å². The average Bonchev–Trinajstić information content (AvgIpc) is 2.92. The molecule has 1 fully saturated rings. The van der Waals surface area contributed by atoms with Crippen LogP contribution in [-0.4, -0.2) is 46.2 Å². The van der Waals surface area contributed by atoms with Crippen molar-refractivity contribution in [1.29, 1.82) is 0 Å². The quantitative estimate of drug-likeness (QED) is 0.800. The van der Waals surface area contributed by atoms with Crippen LogP contribution in [0.4, 0.5) is 11.9 Å². The molecule has 112 valence electrons. The van der Waals surface area contributed by atoms with E-state index in [4.69, 9.17) is 4.74 Å². The Morgan fingerprint density at radius 2 is 2.05 bits per heavy atom. The van der Waals surface area contributed by atoms with Crippen LogP contribution < -0.4 is 15.4 Å². The predicted molar refractivity (Wildman–Crippen MR) is 83.7 cm³/mol. The highest BCUT2D eigenvalue weighted by molar-refractivity contribution is 7.99. The van der Waals surface area contributed by atoms with Crippen LogP contribution in [0.2, 0.25) is 0 Å². The lowest BCUT2D eigenvalue weighted by atomic mass is 10.2. The molecule has 0 bridgehead atoms. The molecule has 1 saturated carbocycles. The zero-order valence-electron chi connectivity index (χ0n) is 12.3. The van der Waals surface area contributed by atoms with Gasteiger partial charge < -0.3 is 15.4 Å². The molecule has 20 heavy (non-hydrogen) atoms. The van der Waals surface area contributed by atoms with E-state index in [0.717, 1.165) is 31.1 Å². The van der Waals surface area contributed by atoms with Crippen LogP contribution in [0.3, 0.4) is 0 Å². The molecule has 0 saturated heterocycles. The Morgan fingerprint density at radius 3 is 2.70 bits per heavy atom. The van der Waals surface area contributed by atoms with E-state index in [9.17, 15) is 0 Å². The summed E-state index contributed by atoms with van der Waals surface area (Å²) in [6.07, 6.45) is 6.77. The summed E-state index contributed by atoms with van der Waals surface area (Å²) in [7, 11) is 1.57. The van der Waals surface area contributed by atoms with E-state index in [0.29, 0.717) is 23.9 Å². The lowest BCUT2D eigenvalue weighted by Gasteiger charge is -2.14. The van der Waals surface area contributed by atoms with Crippen molar-refractivity contribution < 1.29 is 4.74 Å². The van der Waals surface area contributed by atoms with Crippen molar-refractivity contribution in [3.63, 3.8) is 0 Å². The lowest BCUT2D eigenvalue weighted by Crippen LogP contribution is -2.19. The first-order chi connectivity index (χ1) is 9.75. The molecule has 1 heterocycles. The molecule has 2 rings (SSSR count). The Balaban J connectivity index is 2.02. The van der Waals surface area contributed by atoms with Crippen LogP contribution in [0, 0.1) is 0 Å². The monoisotopic (exact) mass is 297 g/mol. The van der Waals surface area contributed by atoms with E-state index in [1.54, 1.807) is 7.11 Å².